The molecule has 1 unspecified atom stereocenters. The number of carbonyl (C=O) groups is 1. The van der Waals surface area contributed by atoms with Crippen LogP contribution in [0.3, 0.4) is 0 Å². The number of piperidine rings is 1. The number of amides is 1. The lowest BCUT2D eigenvalue weighted by Crippen LogP contribution is -2.46. The van der Waals surface area contributed by atoms with Crippen molar-refractivity contribution in [3.63, 3.8) is 0 Å². The van der Waals surface area contributed by atoms with Gasteiger partial charge in [0, 0.05) is 24.9 Å². The van der Waals surface area contributed by atoms with Crippen molar-refractivity contribution in [3.05, 3.63) is 36.0 Å². The zero-order valence-electron chi connectivity index (χ0n) is 16.5. The van der Waals surface area contributed by atoms with Crippen LogP contribution in [0.2, 0.25) is 0 Å². The molecule has 2 aliphatic rings. The highest BCUT2D eigenvalue weighted by Gasteiger charge is 2.36. The molecule has 0 bridgehead atoms. The Morgan fingerprint density at radius 3 is 2.77 bits per heavy atom. The van der Waals surface area contributed by atoms with Crippen molar-refractivity contribution >= 4 is 16.8 Å². The van der Waals surface area contributed by atoms with E-state index in [1.54, 1.807) is 6.07 Å². The number of alkyl halides is 1. The normalized spacial score (nSPS) is 22.6. The number of hydrogen-bond donors (Lipinski definition) is 0. The van der Waals surface area contributed by atoms with Gasteiger partial charge in [-0.25, -0.2) is 9.37 Å². The van der Waals surface area contributed by atoms with Crippen molar-refractivity contribution in [2.75, 3.05) is 26.2 Å². The van der Waals surface area contributed by atoms with Crippen LogP contribution in [-0.2, 0) is 4.79 Å². The van der Waals surface area contributed by atoms with E-state index < -0.39 is 12.2 Å². The van der Waals surface area contributed by atoms with Crippen molar-refractivity contribution in [2.45, 2.75) is 37.6 Å². The standard InChI is InChI=1S/C22H22FN5O2/c23-15-10-17(12-25)28(13-15)22(29)14-27-8-6-18(7-9-27)30-21-3-1-2-20-19(21)5-4-16(11-24)26-20/h1-5,15,17-18H,6-10,13-14H2/t15-,17?/m0/s1. The molecule has 2 aromatic rings. The third-order valence-corrected chi connectivity index (χ3v) is 5.71. The van der Waals surface area contributed by atoms with Crippen LogP contribution in [0, 0.1) is 22.7 Å². The molecule has 1 aromatic carbocycles. The second-order valence-electron chi connectivity index (χ2n) is 7.75. The number of fused-ring (bicyclic) bond motifs is 1. The molecule has 2 aliphatic heterocycles. The van der Waals surface area contributed by atoms with Gasteiger partial charge in [0.15, 0.2) is 0 Å². The topological polar surface area (TPSA) is 93.2 Å². The van der Waals surface area contributed by atoms with Crippen LogP contribution in [-0.4, -0.2) is 65.2 Å². The lowest BCUT2D eigenvalue weighted by molar-refractivity contribution is -0.133. The molecule has 0 saturated carbocycles. The number of carbonyl (C=O) groups excluding carboxylic acids is 1. The van der Waals surface area contributed by atoms with Gasteiger partial charge in [-0.2, -0.15) is 10.5 Å². The summed E-state index contributed by atoms with van der Waals surface area (Å²) in [5.41, 5.74) is 1.09. The summed E-state index contributed by atoms with van der Waals surface area (Å²) in [5.74, 6) is 0.552. The van der Waals surface area contributed by atoms with Gasteiger partial charge in [0.05, 0.1) is 24.7 Å². The molecule has 3 heterocycles. The third kappa shape index (κ3) is 4.19. The minimum atomic E-state index is -1.11. The third-order valence-electron chi connectivity index (χ3n) is 5.71. The molecular formula is C22H22FN5O2. The number of halogens is 1. The molecule has 7 nitrogen and oxygen atoms in total. The molecule has 1 aromatic heterocycles. The number of pyridine rings is 1. The van der Waals surface area contributed by atoms with Crippen LogP contribution in [0.1, 0.15) is 25.0 Å². The van der Waals surface area contributed by atoms with E-state index in [0.29, 0.717) is 18.8 Å². The number of benzene rings is 1. The fourth-order valence-corrected chi connectivity index (χ4v) is 4.12. The van der Waals surface area contributed by atoms with Gasteiger partial charge < -0.3 is 9.64 Å². The molecule has 0 aliphatic carbocycles. The van der Waals surface area contributed by atoms with E-state index in [0.717, 1.165) is 29.5 Å². The monoisotopic (exact) mass is 407 g/mol. The summed E-state index contributed by atoms with van der Waals surface area (Å²) in [4.78, 5) is 20.2. The Labute approximate surface area is 174 Å². The summed E-state index contributed by atoms with van der Waals surface area (Å²) in [5, 5.41) is 19.0. The molecule has 30 heavy (non-hydrogen) atoms. The molecule has 2 atom stereocenters. The maximum absolute atomic E-state index is 13.6. The Balaban J connectivity index is 1.33. The summed E-state index contributed by atoms with van der Waals surface area (Å²) in [7, 11) is 0. The molecule has 0 spiro atoms. The fourth-order valence-electron chi connectivity index (χ4n) is 4.12. The van der Waals surface area contributed by atoms with Gasteiger partial charge in [0.1, 0.15) is 35.8 Å². The fraction of sp³-hybridized carbons (Fsp3) is 0.455. The second-order valence-corrected chi connectivity index (χ2v) is 7.75. The lowest BCUT2D eigenvalue weighted by Gasteiger charge is -2.33. The van der Waals surface area contributed by atoms with Gasteiger partial charge >= 0.3 is 0 Å². The van der Waals surface area contributed by atoms with Gasteiger partial charge in [-0.3, -0.25) is 9.69 Å². The largest absolute Gasteiger partial charge is 0.490 e. The van der Waals surface area contributed by atoms with Crippen LogP contribution >= 0.6 is 0 Å². The van der Waals surface area contributed by atoms with Crippen molar-refractivity contribution in [2.24, 2.45) is 0 Å². The van der Waals surface area contributed by atoms with Crippen molar-refractivity contribution in [1.29, 1.82) is 10.5 Å². The number of rotatable bonds is 4. The number of nitriles is 2. The SMILES string of the molecule is N#Cc1ccc2c(OC3CCN(CC(=O)N4C[C@@H](F)CC4C#N)CC3)cccc2n1. The maximum atomic E-state index is 13.6. The first kappa shape index (κ1) is 20.1. The second kappa shape index (κ2) is 8.64. The molecule has 1 amide bonds. The summed E-state index contributed by atoms with van der Waals surface area (Å²) < 4.78 is 19.8. The first-order valence-corrected chi connectivity index (χ1v) is 10.1. The van der Waals surface area contributed by atoms with Gasteiger partial charge in [0.25, 0.3) is 0 Å². The number of hydrogen-bond acceptors (Lipinski definition) is 6. The molecule has 2 fully saturated rings. The highest BCUT2D eigenvalue weighted by Crippen LogP contribution is 2.28. The van der Waals surface area contributed by atoms with E-state index in [9.17, 15) is 9.18 Å². The Kier molecular flexibility index (Phi) is 5.78. The Morgan fingerprint density at radius 1 is 1.23 bits per heavy atom. The average Bonchev–Trinajstić information content (AvgIpc) is 3.16. The van der Waals surface area contributed by atoms with Crippen molar-refractivity contribution < 1.29 is 13.9 Å². The number of likely N-dealkylation sites (tertiary alicyclic amines) is 2. The molecule has 154 valence electrons. The lowest BCUT2D eigenvalue weighted by atomic mass is 10.1. The van der Waals surface area contributed by atoms with Crippen LogP contribution in [0.15, 0.2) is 30.3 Å². The van der Waals surface area contributed by atoms with E-state index in [2.05, 4.69) is 4.98 Å². The first-order chi connectivity index (χ1) is 14.6. The van der Waals surface area contributed by atoms with Crippen LogP contribution in [0.25, 0.3) is 10.9 Å². The minimum Gasteiger partial charge on any atom is -0.490 e. The minimum absolute atomic E-state index is 0.0132. The van der Waals surface area contributed by atoms with E-state index in [1.807, 2.05) is 41.3 Å². The van der Waals surface area contributed by atoms with Crippen molar-refractivity contribution in [3.8, 4) is 17.9 Å². The Morgan fingerprint density at radius 2 is 2.03 bits per heavy atom. The van der Waals surface area contributed by atoms with Gasteiger partial charge in [0.2, 0.25) is 5.91 Å². The molecule has 0 N–H and O–H groups in total. The molecule has 8 heteroatoms. The predicted molar refractivity (Wildman–Crippen MR) is 107 cm³/mol. The molecule has 2 saturated heterocycles. The zero-order valence-corrected chi connectivity index (χ0v) is 16.5. The summed E-state index contributed by atoms with van der Waals surface area (Å²) >= 11 is 0. The van der Waals surface area contributed by atoms with E-state index in [4.69, 9.17) is 15.3 Å². The highest BCUT2D eigenvalue weighted by atomic mass is 19.1. The van der Waals surface area contributed by atoms with Gasteiger partial charge in [-0.05, 0) is 37.1 Å². The summed E-state index contributed by atoms with van der Waals surface area (Å²) in [6.45, 7) is 1.61. The number of aromatic nitrogens is 1. The smallest absolute Gasteiger partial charge is 0.237 e. The maximum Gasteiger partial charge on any atom is 0.237 e. The van der Waals surface area contributed by atoms with E-state index in [1.165, 1.54) is 4.90 Å². The van der Waals surface area contributed by atoms with Crippen LogP contribution < -0.4 is 4.74 Å². The molecular weight excluding hydrogens is 385 g/mol. The Bertz CT molecular complexity index is 1020. The van der Waals surface area contributed by atoms with Gasteiger partial charge in [-0.1, -0.05) is 6.07 Å². The van der Waals surface area contributed by atoms with Crippen LogP contribution in [0.5, 0.6) is 5.75 Å². The Hall–Kier alpha value is -3.23. The molecule has 4 rings (SSSR count). The zero-order chi connectivity index (χ0) is 21.1. The van der Waals surface area contributed by atoms with Crippen molar-refractivity contribution in [1.82, 2.24) is 14.8 Å². The van der Waals surface area contributed by atoms with Crippen LogP contribution in [0.4, 0.5) is 4.39 Å². The predicted octanol–water partition coefficient (Wildman–Crippen LogP) is 2.41. The van der Waals surface area contributed by atoms with E-state index >= 15 is 0 Å². The quantitative estimate of drug-likeness (QED) is 0.773. The van der Waals surface area contributed by atoms with Gasteiger partial charge in [-0.15, -0.1) is 0 Å². The highest BCUT2D eigenvalue weighted by molar-refractivity contribution is 5.85. The number of ether oxygens (including phenoxy) is 1. The summed E-state index contributed by atoms with van der Waals surface area (Å²) in [6.07, 6.45) is 0.541. The first-order valence-electron chi connectivity index (χ1n) is 10.1. The average molecular weight is 407 g/mol. The van der Waals surface area contributed by atoms with E-state index in [-0.39, 0.29) is 31.5 Å². The number of nitrogens with zero attached hydrogens (tertiary/aromatic N) is 5. The molecule has 0 radical (unpaired) electrons. The summed E-state index contributed by atoms with van der Waals surface area (Å²) in [6, 6.07) is 12.5.